The summed E-state index contributed by atoms with van der Waals surface area (Å²) < 4.78 is 0. The van der Waals surface area contributed by atoms with Gasteiger partial charge in [-0.2, -0.15) is 0 Å². The largest absolute Gasteiger partial charge is 0.295 e. The Morgan fingerprint density at radius 1 is 1.23 bits per heavy atom. The number of hydrogen-bond acceptors (Lipinski definition) is 1. The third-order valence-corrected chi connectivity index (χ3v) is 2.08. The van der Waals surface area contributed by atoms with Gasteiger partial charge in [-0.3, -0.25) is 4.79 Å². The van der Waals surface area contributed by atoms with Crippen molar-refractivity contribution in [2.45, 2.75) is 52.9 Å². The van der Waals surface area contributed by atoms with Gasteiger partial charge in [0.15, 0.2) is 5.78 Å². The Hall–Kier alpha value is -0.590. The van der Waals surface area contributed by atoms with E-state index in [2.05, 4.69) is 6.92 Å². The van der Waals surface area contributed by atoms with Crippen LogP contribution in [0.15, 0.2) is 12.2 Å². The van der Waals surface area contributed by atoms with Crippen molar-refractivity contribution in [2.75, 3.05) is 0 Å². The summed E-state index contributed by atoms with van der Waals surface area (Å²) in [5, 5.41) is 0. The molecule has 1 nitrogen and oxygen atoms in total. The Balaban J connectivity index is 3.36. The highest BCUT2D eigenvalue weighted by Crippen LogP contribution is 2.03. The second-order valence-electron chi connectivity index (χ2n) is 3.81. The lowest BCUT2D eigenvalue weighted by molar-refractivity contribution is -0.117. The Morgan fingerprint density at radius 2 is 1.92 bits per heavy atom. The van der Waals surface area contributed by atoms with E-state index in [4.69, 9.17) is 0 Å². The molecule has 0 heterocycles. The standard InChI is InChI=1S/C12H22O/c1-4-5-6-7-8-9-10-12(13)11(2)3/h9-11H,4-8H2,1-3H3/b10-9+. The first kappa shape index (κ1) is 12.4. The van der Waals surface area contributed by atoms with E-state index in [9.17, 15) is 4.79 Å². The fraction of sp³-hybridized carbons (Fsp3) is 0.750. The number of carbonyl (C=O) groups is 1. The molecule has 0 aliphatic heterocycles. The molecular weight excluding hydrogens is 160 g/mol. The SMILES string of the molecule is CCCCCC/C=C/C(=O)C(C)C. The molecule has 0 aromatic heterocycles. The molecule has 0 aliphatic carbocycles. The van der Waals surface area contributed by atoms with Gasteiger partial charge in [-0.15, -0.1) is 0 Å². The Morgan fingerprint density at radius 3 is 2.46 bits per heavy atom. The summed E-state index contributed by atoms with van der Waals surface area (Å²) in [5.74, 6) is 0.391. The maximum Gasteiger partial charge on any atom is 0.157 e. The van der Waals surface area contributed by atoms with Gasteiger partial charge in [-0.05, 0) is 18.9 Å². The van der Waals surface area contributed by atoms with Crippen LogP contribution in [0.5, 0.6) is 0 Å². The first-order valence-electron chi connectivity index (χ1n) is 5.38. The molecule has 0 unspecified atom stereocenters. The molecule has 0 rings (SSSR count). The quantitative estimate of drug-likeness (QED) is 0.433. The highest BCUT2D eigenvalue weighted by atomic mass is 16.1. The van der Waals surface area contributed by atoms with Crippen LogP contribution in [-0.2, 0) is 4.79 Å². The van der Waals surface area contributed by atoms with Gasteiger partial charge in [0.1, 0.15) is 0 Å². The second kappa shape index (κ2) is 8.03. The Bertz CT molecular complexity index is 157. The van der Waals surface area contributed by atoms with Crippen LogP contribution < -0.4 is 0 Å². The van der Waals surface area contributed by atoms with E-state index in [0.29, 0.717) is 0 Å². The average Bonchev–Trinajstić information content (AvgIpc) is 2.10. The first-order valence-corrected chi connectivity index (χ1v) is 5.38. The minimum atomic E-state index is 0.145. The topological polar surface area (TPSA) is 17.1 Å². The molecule has 0 N–H and O–H groups in total. The molecule has 0 amide bonds. The normalized spacial score (nSPS) is 11.4. The summed E-state index contributed by atoms with van der Waals surface area (Å²) in [6.45, 7) is 6.08. The summed E-state index contributed by atoms with van der Waals surface area (Å²) in [4.78, 5) is 11.1. The number of rotatable bonds is 7. The Labute approximate surface area is 82.2 Å². The zero-order chi connectivity index (χ0) is 10.1. The van der Waals surface area contributed by atoms with Gasteiger partial charge >= 0.3 is 0 Å². The van der Waals surface area contributed by atoms with Crippen molar-refractivity contribution >= 4 is 5.78 Å². The zero-order valence-electron chi connectivity index (χ0n) is 9.18. The van der Waals surface area contributed by atoms with Gasteiger partial charge in [0, 0.05) is 5.92 Å². The molecule has 0 spiro atoms. The number of carbonyl (C=O) groups excluding carboxylic acids is 1. The smallest absolute Gasteiger partial charge is 0.157 e. The van der Waals surface area contributed by atoms with Crippen molar-refractivity contribution in [3.8, 4) is 0 Å². The molecular formula is C12H22O. The molecule has 0 aliphatic rings. The summed E-state index contributed by atoms with van der Waals surface area (Å²) in [7, 11) is 0. The molecule has 0 bridgehead atoms. The van der Waals surface area contributed by atoms with Crippen molar-refractivity contribution in [2.24, 2.45) is 5.92 Å². The average molecular weight is 182 g/mol. The van der Waals surface area contributed by atoms with E-state index < -0.39 is 0 Å². The minimum Gasteiger partial charge on any atom is -0.295 e. The fourth-order valence-electron chi connectivity index (χ4n) is 1.08. The molecule has 0 aromatic carbocycles. The highest BCUT2D eigenvalue weighted by molar-refractivity contribution is 5.91. The summed E-state index contributed by atoms with van der Waals surface area (Å²) in [5.41, 5.74) is 0. The molecule has 1 heteroatoms. The van der Waals surface area contributed by atoms with Gasteiger partial charge in [0.2, 0.25) is 0 Å². The number of unbranched alkanes of at least 4 members (excludes halogenated alkanes) is 4. The summed E-state index contributed by atoms with van der Waals surface area (Å²) in [6.07, 6.45) is 9.89. The predicted octanol–water partition coefficient (Wildman–Crippen LogP) is 3.74. The molecule has 0 atom stereocenters. The van der Waals surface area contributed by atoms with Crippen molar-refractivity contribution in [1.29, 1.82) is 0 Å². The van der Waals surface area contributed by atoms with Crippen LogP contribution in [0.25, 0.3) is 0 Å². The monoisotopic (exact) mass is 182 g/mol. The predicted molar refractivity (Wildman–Crippen MR) is 57.7 cm³/mol. The van der Waals surface area contributed by atoms with E-state index in [1.807, 2.05) is 19.9 Å². The maximum atomic E-state index is 11.1. The van der Waals surface area contributed by atoms with Gasteiger partial charge in [-0.1, -0.05) is 46.1 Å². The van der Waals surface area contributed by atoms with E-state index in [-0.39, 0.29) is 11.7 Å². The fourth-order valence-corrected chi connectivity index (χ4v) is 1.08. The lowest BCUT2D eigenvalue weighted by atomic mass is 10.1. The van der Waals surface area contributed by atoms with Crippen LogP contribution in [0, 0.1) is 5.92 Å². The lowest BCUT2D eigenvalue weighted by Crippen LogP contribution is -2.01. The van der Waals surface area contributed by atoms with Crippen LogP contribution in [-0.4, -0.2) is 5.78 Å². The van der Waals surface area contributed by atoms with Crippen molar-refractivity contribution in [3.63, 3.8) is 0 Å². The van der Waals surface area contributed by atoms with Crippen LogP contribution in [0.4, 0.5) is 0 Å². The molecule has 76 valence electrons. The van der Waals surface area contributed by atoms with Crippen LogP contribution >= 0.6 is 0 Å². The minimum absolute atomic E-state index is 0.145. The number of ketones is 1. The van der Waals surface area contributed by atoms with Crippen LogP contribution in [0.3, 0.4) is 0 Å². The van der Waals surface area contributed by atoms with E-state index in [1.165, 1.54) is 25.7 Å². The number of hydrogen-bond donors (Lipinski definition) is 0. The van der Waals surface area contributed by atoms with Gasteiger partial charge < -0.3 is 0 Å². The molecule has 0 saturated heterocycles. The zero-order valence-corrected chi connectivity index (χ0v) is 9.18. The molecule has 0 radical (unpaired) electrons. The van der Waals surface area contributed by atoms with E-state index in [1.54, 1.807) is 6.08 Å². The van der Waals surface area contributed by atoms with E-state index >= 15 is 0 Å². The van der Waals surface area contributed by atoms with Crippen LogP contribution in [0.2, 0.25) is 0 Å². The van der Waals surface area contributed by atoms with Crippen LogP contribution in [0.1, 0.15) is 52.9 Å². The maximum absolute atomic E-state index is 11.1. The second-order valence-corrected chi connectivity index (χ2v) is 3.81. The third kappa shape index (κ3) is 7.76. The first-order chi connectivity index (χ1) is 6.18. The van der Waals surface area contributed by atoms with Crippen molar-refractivity contribution in [1.82, 2.24) is 0 Å². The summed E-state index contributed by atoms with van der Waals surface area (Å²) >= 11 is 0. The highest BCUT2D eigenvalue weighted by Gasteiger charge is 2.00. The number of allylic oxidation sites excluding steroid dienone is 2. The Kier molecular flexibility index (Phi) is 7.66. The van der Waals surface area contributed by atoms with Gasteiger partial charge in [-0.25, -0.2) is 0 Å². The van der Waals surface area contributed by atoms with Crippen molar-refractivity contribution in [3.05, 3.63) is 12.2 Å². The van der Waals surface area contributed by atoms with Crippen molar-refractivity contribution < 1.29 is 4.79 Å². The molecule has 0 aromatic rings. The van der Waals surface area contributed by atoms with Gasteiger partial charge in [0.05, 0.1) is 0 Å². The molecule has 0 fully saturated rings. The van der Waals surface area contributed by atoms with E-state index in [0.717, 1.165) is 6.42 Å². The molecule has 13 heavy (non-hydrogen) atoms. The lowest BCUT2D eigenvalue weighted by Gasteiger charge is -1.97. The molecule has 0 saturated carbocycles. The third-order valence-electron chi connectivity index (χ3n) is 2.08. The van der Waals surface area contributed by atoms with Gasteiger partial charge in [0.25, 0.3) is 0 Å². The summed E-state index contributed by atoms with van der Waals surface area (Å²) in [6, 6.07) is 0.